The summed E-state index contributed by atoms with van der Waals surface area (Å²) in [6.07, 6.45) is 18.8. The van der Waals surface area contributed by atoms with Crippen LogP contribution in [0.25, 0.3) is 0 Å². The fraction of sp³-hybridized carbons (Fsp3) is 0.857. The summed E-state index contributed by atoms with van der Waals surface area (Å²) in [6.45, 7) is 2.27. The molecular weight excluding hydrogens is 182 g/mol. The second-order valence-corrected chi connectivity index (χ2v) is 4.65. The molecule has 88 valence electrons. The number of allylic oxidation sites excluding steroid dienone is 1. The van der Waals surface area contributed by atoms with Crippen LogP contribution in [-0.4, -0.2) is 13.1 Å². The summed E-state index contributed by atoms with van der Waals surface area (Å²) in [4.78, 5) is 0. The minimum absolute atomic E-state index is 1.07. The van der Waals surface area contributed by atoms with Crippen LogP contribution in [0.5, 0.6) is 0 Å². The highest BCUT2D eigenvalue weighted by Crippen LogP contribution is 2.10. The molecule has 0 spiro atoms. The molecule has 0 unspecified atom stereocenters. The number of hydrogen-bond acceptors (Lipinski definition) is 1. The van der Waals surface area contributed by atoms with Gasteiger partial charge in [-0.1, -0.05) is 57.1 Å². The van der Waals surface area contributed by atoms with E-state index in [0.29, 0.717) is 0 Å². The standard InChI is InChI=1S/C14H27N/c1-2-4-6-8-10-12-14-15-13-11-9-7-5-3-1/h9,11,15H,1-8,10,12-14H2/b11-9-. The zero-order chi connectivity index (χ0) is 10.6. The number of nitrogens with one attached hydrogen (secondary N) is 1. The quantitative estimate of drug-likeness (QED) is 0.594. The van der Waals surface area contributed by atoms with Gasteiger partial charge in [0, 0.05) is 6.54 Å². The lowest BCUT2D eigenvalue weighted by Crippen LogP contribution is -2.14. The summed E-state index contributed by atoms with van der Waals surface area (Å²) >= 11 is 0. The topological polar surface area (TPSA) is 12.0 Å². The largest absolute Gasteiger partial charge is 0.313 e. The van der Waals surface area contributed by atoms with Crippen LogP contribution in [0.4, 0.5) is 0 Å². The molecule has 1 N–H and O–H groups in total. The van der Waals surface area contributed by atoms with Gasteiger partial charge in [-0.3, -0.25) is 0 Å². The third kappa shape index (κ3) is 8.68. The molecule has 1 aliphatic heterocycles. The van der Waals surface area contributed by atoms with Crippen molar-refractivity contribution in [2.75, 3.05) is 13.1 Å². The maximum atomic E-state index is 3.47. The zero-order valence-corrected chi connectivity index (χ0v) is 10.1. The average Bonchev–Trinajstić information content (AvgIpc) is 2.27. The van der Waals surface area contributed by atoms with Crippen LogP contribution in [-0.2, 0) is 0 Å². The highest BCUT2D eigenvalue weighted by molar-refractivity contribution is 4.83. The summed E-state index contributed by atoms with van der Waals surface area (Å²) < 4.78 is 0. The minimum Gasteiger partial charge on any atom is -0.313 e. The van der Waals surface area contributed by atoms with Crippen LogP contribution in [0.15, 0.2) is 12.2 Å². The zero-order valence-electron chi connectivity index (χ0n) is 10.1. The van der Waals surface area contributed by atoms with Crippen LogP contribution in [0, 0.1) is 0 Å². The summed E-state index contributed by atoms with van der Waals surface area (Å²) in [5.41, 5.74) is 0. The van der Waals surface area contributed by atoms with E-state index in [2.05, 4.69) is 17.5 Å². The first-order valence-electron chi connectivity index (χ1n) is 6.86. The molecule has 1 nitrogen and oxygen atoms in total. The van der Waals surface area contributed by atoms with Crippen molar-refractivity contribution in [1.29, 1.82) is 0 Å². The van der Waals surface area contributed by atoms with Crippen LogP contribution >= 0.6 is 0 Å². The van der Waals surface area contributed by atoms with Crippen LogP contribution in [0.2, 0.25) is 0 Å². The van der Waals surface area contributed by atoms with Crippen molar-refractivity contribution >= 4 is 0 Å². The van der Waals surface area contributed by atoms with Gasteiger partial charge in [0.2, 0.25) is 0 Å². The van der Waals surface area contributed by atoms with Crippen molar-refractivity contribution in [2.24, 2.45) is 0 Å². The third-order valence-corrected chi connectivity index (χ3v) is 3.15. The highest BCUT2D eigenvalue weighted by atomic mass is 14.8. The Hall–Kier alpha value is -0.300. The first-order valence-corrected chi connectivity index (χ1v) is 6.86. The number of rotatable bonds is 0. The van der Waals surface area contributed by atoms with Crippen molar-refractivity contribution in [3.8, 4) is 0 Å². The average molecular weight is 209 g/mol. The lowest BCUT2D eigenvalue weighted by atomic mass is 10.1. The molecular formula is C14H27N. The van der Waals surface area contributed by atoms with Crippen LogP contribution in [0.3, 0.4) is 0 Å². The molecule has 0 atom stereocenters. The van der Waals surface area contributed by atoms with Gasteiger partial charge >= 0.3 is 0 Å². The second kappa shape index (κ2) is 10.2. The second-order valence-electron chi connectivity index (χ2n) is 4.65. The smallest absolute Gasteiger partial charge is 0.0134 e. The van der Waals surface area contributed by atoms with Crippen molar-refractivity contribution in [3.05, 3.63) is 12.2 Å². The van der Waals surface area contributed by atoms with E-state index in [1.165, 1.54) is 70.8 Å². The molecule has 1 heterocycles. The molecule has 0 aromatic carbocycles. The van der Waals surface area contributed by atoms with Gasteiger partial charge in [0.15, 0.2) is 0 Å². The Morgan fingerprint density at radius 2 is 1.20 bits per heavy atom. The molecule has 0 fully saturated rings. The third-order valence-electron chi connectivity index (χ3n) is 3.15. The molecule has 0 amide bonds. The van der Waals surface area contributed by atoms with E-state index >= 15 is 0 Å². The van der Waals surface area contributed by atoms with E-state index in [4.69, 9.17) is 0 Å². The Bertz CT molecular complexity index is 135. The van der Waals surface area contributed by atoms with Crippen molar-refractivity contribution in [1.82, 2.24) is 5.32 Å². The first-order chi connectivity index (χ1) is 7.50. The molecule has 0 saturated heterocycles. The summed E-state index contributed by atoms with van der Waals surface area (Å²) in [5.74, 6) is 0. The fourth-order valence-corrected chi connectivity index (χ4v) is 2.14. The maximum Gasteiger partial charge on any atom is 0.0134 e. The van der Waals surface area contributed by atoms with Crippen LogP contribution < -0.4 is 5.32 Å². The minimum atomic E-state index is 1.07. The van der Waals surface area contributed by atoms with Gasteiger partial charge in [-0.2, -0.15) is 0 Å². The Kier molecular flexibility index (Phi) is 8.70. The van der Waals surface area contributed by atoms with Gasteiger partial charge in [-0.05, 0) is 25.8 Å². The van der Waals surface area contributed by atoms with Gasteiger partial charge in [-0.25, -0.2) is 0 Å². The molecule has 15 heavy (non-hydrogen) atoms. The van der Waals surface area contributed by atoms with Gasteiger partial charge in [0.25, 0.3) is 0 Å². The Morgan fingerprint density at radius 1 is 0.600 bits per heavy atom. The van der Waals surface area contributed by atoms with Gasteiger partial charge in [0.05, 0.1) is 0 Å². The summed E-state index contributed by atoms with van der Waals surface area (Å²) in [7, 11) is 0. The fourth-order valence-electron chi connectivity index (χ4n) is 2.14. The van der Waals surface area contributed by atoms with E-state index in [-0.39, 0.29) is 0 Å². The number of hydrogen-bond donors (Lipinski definition) is 1. The van der Waals surface area contributed by atoms with Crippen molar-refractivity contribution in [3.63, 3.8) is 0 Å². The highest BCUT2D eigenvalue weighted by Gasteiger charge is 1.93. The lowest BCUT2D eigenvalue weighted by molar-refractivity contribution is 0.553. The predicted molar refractivity (Wildman–Crippen MR) is 68.2 cm³/mol. The summed E-state index contributed by atoms with van der Waals surface area (Å²) in [5, 5.41) is 3.47. The SMILES string of the molecule is C1=C\CNCCCCCCCCCCC/1. The lowest BCUT2D eigenvalue weighted by Gasteiger charge is -2.02. The van der Waals surface area contributed by atoms with E-state index in [0.717, 1.165) is 6.54 Å². The molecule has 0 bridgehead atoms. The van der Waals surface area contributed by atoms with E-state index in [1.54, 1.807) is 0 Å². The molecule has 0 saturated carbocycles. The van der Waals surface area contributed by atoms with Crippen molar-refractivity contribution in [2.45, 2.75) is 64.2 Å². The summed E-state index contributed by atoms with van der Waals surface area (Å²) in [6, 6.07) is 0. The Labute approximate surface area is 95.3 Å². The predicted octanol–water partition coefficient (Wildman–Crippen LogP) is 4.05. The normalized spacial score (nSPS) is 25.1. The van der Waals surface area contributed by atoms with E-state index in [1.807, 2.05) is 0 Å². The van der Waals surface area contributed by atoms with E-state index < -0.39 is 0 Å². The van der Waals surface area contributed by atoms with Gasteiger partial charge in [-0.15, -0.1) is 0 Å². The molecule has 0 radical (unpaired) electrons. The van der Waals surface area contributed by atoms with E-state index in [9.17, 15) is 0 Å². The maximum absolute atomic E-state index is 3.47. The Balaban J connectivity index is 2.08. The van der Waals surface area contributed by atoms with Crippen LogP contribution in [0.1, 0.15) is 64.2 Å². The monoisotopic (exact) mass is 209 g/mol. The van der Waals surface area contributed by atoms with Crippen molar-refractivity contribution < 1.29 is 0 Å². The van der Waals surface area contributed by atoms with Gasteiger partial charge in [0.1, 0.15) is 0 Å². The molecule has 0 aromatic rings. The molecule has 0 aliphatic carbocycles. The molecule has 0 aromatic heterocycles. The van der Waals surface area contributed by atoms with Gasteiger partial charge < -0.3 is 5.32 Å². The Morgan fingerprint density at radius 3 is 1.93 bits per heavy atom. The first kappa shape index (κ1) is 12.8. The molecule has 1 heteroatoms. The molecule has 1 aliphatic rings. The molecule has 1 rings (SSSR count).